The van der Waals surface area contributed by atoms with Crippen molar-refractivity contribution in [3.8, 4) is 17.2 Å². The summed E-state index contributed by atoms with van der Waals surface area (Å²) in [4.78, 5) is 25.9. The molecule has 7 nitrogen and oxygen atoms in total. The lowest BCUT2D eigenvalue weighted by molar-refractivity contribution is -0.117. The molecule has 2 rings (SSSR count). The van der Waals surface area contributed by atoms with Gasteiger partial charge < -0.3 is 24.4 Å². The molecule has 2 aromatic rings. The van der Waals surface area contributed by atoms with E-state index in [1.807, 2.05) is 6.92 Å². The maximum absolute atomic E-state index is 12.3. The number of ether oxygens (including phenoxy) is 3. The number of methoxy groups -OCH3 is 2. The number of hydrogen-bond acceptors (Lipinski definition) is 5. The first kappa shape index (κ1) is 21.1. The van der Waals surface area contributed by atoms with E-state index < -0.39 is 0 Å². The number of nitrogens with one attached hydrogen (secondary N) is 1. The molecule has 28 heavy (non-hydrogen) atoms. The summed E-state index contributed by atoms with van der Waals surface area (Å²) in [5.74, 6) is 1.51. The molecule has 1 N–H and O–H groups in total. The third kappa shape index (κ3) is 5.64. The van der Waals surface area contributed by atoms with Crippen molar-refractivity contribution in [2.45, 2.75) is 20.3 Å². The summed E-state index contributed by atoms with van der Waals surface area (Å²) in [6, 6.07) is 12.4. The van der Waals surface area contributed by atoms with Gasteiger partial charge in [-0.15, -0.1) is 0 Å². The van der Waals surface area contributed by atoms with Crippen LogP contribution in [0.25, 0.3) is 0 Å². The highest BCUT2D eigenvalue weighted by molar-refractivity contribution is 5.95. The second kappa shape index (κ2) is 10.2. The summed E-state index contributed by atoms with van der Waals surface area (Å²) in [6.07, 6.45) is 0.154. The molecule has 0 unspecified atom stereocenters. The van der Waals surface area contributed by atoms with Crippen LogP contribution in [0.3, 0.4) is 0 Å². The Morgan fingerprint density at radius 2 is 1.68 bits per heavy atom. The summed E-state index contributed by atoms with van der Waals surface area (Å²) in [5, 5.41) is 2.81. The van der Waals surface area contributed by atoms with E-state index in [9.17, 15) is 9.59 Å². The van der Waals surface area contributed by atoms with Gasteiger partial charge in [-0.2, -0.15) is 0 Å². The second-order valence-corrected chi connectivity index (χ2v) is 5.97. The van der Waals surface area contributed by atoms with Crippen LogP contribution < -0.4 is 24.4 Å². The maximum atomic E-state index is 12.3. The molecular formula is C21H26N2O5. The number of anilines is 2. The number of carbonyl (C=O) groups is 2. The molecule has 0 saturated heterocycles. The number of benzene rings is 2. The van der Waals surface area contributed by atoms with E-state index in [1.54, 1.807) is 54.5 Å². The van der Waals surface area contributed by atoms with Crippen molar-refractivity contribution < 1.29 is 23.8 Å². The molecule has 150 valence electrons. The topological polar surface area (TPSA) is 77.1 Å². The number of hydrogen-bond donors (Lipinski definition) is 1. The monoisotopic (exact) mass is 386 g/mol. The summed E-state index contributed by atoms with van der Waals surface area (Å²) >= 11 is 0. The summed E-state index contributed by atoms with van der Waals surface area (Å²) < 4.78 is 15.8. The zero-order valence-electron chi connectivity index (χ0n) is 16.7. The Hall–Kier alpha value is -3.22. The van der Waals surface area contributed by atoms with Crippen LogP contribution in [0.5, 0.6) is 17.2 Å². The lowest BCUT2D eigenvalue weighted by Crippen LogP contribution is -2.31. The van der Waals surface area contributed by atoms with E-state index in [4.69, 9.17) is 14.2 Å². The summed E-state index contributed by atoms with van der Waals surface area (Å²) in [6.45, 7) is 4.23. The Balaban J connectivity index is 1.99. The Morgan fingerprint density at radius 1 is 1.00 bits per heavy atom. The Kier molecular flexibility index (Phi) is 7.68. The molecule has 7 heteroatoms. The van der Waals surface area contributed by atoms with E-state index in [2.05, 4.69) is 5.32 Å². The summed E-state index contributed by atoms with van der Waals surface area (Å²) in [7, 11) is 3.08. The molecule has 2 aromatic carbocycles. The van der Waals surface area contributed by atoms with Gasteiger partial charge in [0, 0.05) is 37.3 Å². The van der Waals surface area contributed by atoms with Crippen LogP contribution in [0, 0.1) is 0 Å². The Labute approximate surface area is 165 Å². The molecule has 0 aliphatic carbocycles. The second-order valence-electron chi connectivity index (χ2n) is 5.97. The van der Waals surface area contributed by atoms with Crippen molar-refractivity contribution in [2.24, 2.45) is 0 Å². The van der Waals surface area contributed by atoms with Crippen LogP contribution in [-0.2, 0) is 9.59 Å². The van der Waals surface area contributed by atoms with Crippen molar-refractivity contribution in [1.29, 1.82) is 0 Å². The van der Waals surface area contributed by atoms with Crippen LogP contribution in [0.1, 0.15) is 20.3 Å². The van der Waals surface area contributed by atoms with Crippen LogP contribution >= 0.6 is 0 Å². The predicted molar refractivity (Wildman–Crippen MR) is 108 cm³/mol. The normalized spacial score (nSPS) is 10.1. The van der Waals surface area contributed by atoms with Gasteiger partial charge in [0.15, 0.2) is 11.5 Å². The molecule has 0 saturated carbocycles. The van der Waals surface area contributed by atoms with Crippen molar-refractivity contribution in [3.63, 3.8) is 0 Å². The fraction of sp³-hybridized carbons (Fsp3) is 0.333. The van der Waals surface area contributed by atoms with Gasteiger partial charge >= 0.3 is 0 Å². The SMILES string of the molecule is CCOc1ccc(N(CCC(=O)Nc2ccc(OC)c(OC)c2)C(C)=O)cc1. The average molecular weight is 386 g/mol. The molecule has 0 fully saturated rings. The fourth-order valence-electron chi connectivity index (χ4n) is 2.71. The zero-order valence-corrected chi connectivity index (χ0v) is 16.7. The molecule has 0 aliphatic heterocycles. The number of carbonyl (C=O) groups excluding carboxylic acids is 2. The van der Waals surface area contributed by atoms with Gasteiger partial charge in [0.1, 0.15) is 5.75 Å². The van der Waals surface area contributed by atoms with Gasteiger partial charge in [-0.3, -0.25) is 9.59 Å². The Bertz CT molecular complexity index is 805. The molecule has 0 atom stereocenters. The van der Waals surface area contributed by atoms with E-state index in [0.29, 0.717) is 23.8 Å². The van der Waals surface area contributed by atoms with E-state index in [-0.39, 0.29) is 24.8 Å². The summed E-state index contributed by atoms with van der Waals surface area (Å²) in [5.41, 5.74) is 1.31. The van der Waals surface area contributed by atoms with Gasteiger partial charge in [0.2, 0.25) is 11.8 Å². The highest BCUT2D eigenvalue weighted by Gasteiger charge is 2.14. The van der Waals surface area contributed by atoms with Crippen molar-refractivity contribution in [2.75, 3.05) is 37.6 Å². The van der Waals surface area contributed by atoms with E-state index >= 15 is 0 Å². The van der Waals surface area contributed by atoms with Crippen LogP contribution in [0.2, 0.25) is 0 Å². The number of amides is 2. The van der Waals surface area contributed by atoms with Gasteiger partial charge in [0.05, 0.1) is 20.8 Å². The van der Waals surface area contributed by atoms with Gasteiger partial charge in [-0.05, 0) is 43.3 Å². The predicted octanol–water partition coefficient (Wildman–Crippen LogP) is 3.48. The smallest absolute Gasteiger partial charge is 0.226 e. The molecule has 0 radical (unpaired) electrons. The van der Waals surface area contributed by atoms with E-state index in [0.717, 1.165) is 11.4 Å². The highest BCUT2D eigenvalue weighted by atomic mass is 16.5. The molecular weight excluding hydrogens is 360 g/mol. The molecule has 0 aromatic heterocycles. The average Bonchev–Trinajstić information content (AvgIpc) is 2.69. The number of rotatable bonds is 9. The first-order chi connectivity index (χ1) is 13.5. The first-order valence-electron chi connectivity index (χ1n) is 9.01. The van der Waals surface area contributed by atoms with E-state index in [1.165, 1.54) is 14.0 Å². The van der Waals surface area contributed by atoms with Gasteiger partial charge in [0.25, 0.3) is 0 Å². The standard InChI is InChI=1S/C21H26N2O5/c1-5-28-18-9-7-17(8-10-18)23(15(2)24)13-12-21(25)22-16-6-11-19(26-3)20(14-16)27-4/h6-11,14H,5,12-13H2,1-4H3,(H,22,25). The maximum Gasteiger partial charge on any atom is 0.226 e. The molecule has 0 heterocycles. The number of nitrogens with zero attached hydrogens (tertiary/aromatic N) is 1. The lowest BCUT2D eigenvalue weighted by Gasteiger charge is -2.21. The quantitative estimate of drug-likeness (QED) is 0.714. The molecule has 0 bridgehead atoms. The Morgan fingerprint density at radius 3 is 2.25 bits per heavy atom. The van der Waals surface area contributed by atoms with Crippen molar-refractivity contribution >= 4 is 23.2 Å². The zero-order chi connectivity index (χ0) is 20.5. The molecule has 2 amide bonds. The minimum Gasteiger partial charge on any atom is -0.494 e. The molecule has 0 aliphatic rings. The van der Waals surface area contributed by atoms with Gasteiger partial charge in [-0.25, -0.2) is 0 Å². The van der Waals surface area contributed by atoms with Crippen molar-refractivity contribution in [3.05, 3.63) is 42.5 Å². The fourth-order valence-corrected chi connectivity index (χ4v) is 2.71. The third-order valence-corrected chi connectivity index (χ3v) is 4.07. The lowest BCUT2D eigenvalue weighted by atomic mass is 10.2. The van der Waals surface area contributed by atoms with Crippen LogP contribution in [0.4, 0.5) is 11.4 Å². The first-order valence-corrected chi connectivity index (χ1v) is 9.01. The third-order valence-electron chi connectivity index (χ3n) is 4.07. The highest BCUT2D eigenvalue weighted by Crippen LogP contribution is 2.29. The van der Waals surface area contributed by atoms with Crippen LogP contribution in [-0.4, -0.2) is 39.2 Å². The van der Waals surface area contributed by atoms with Crippen LogP contribution in [0.15, 0.2) is 42.5 Å². The molecule has 0 spiro atoms. The van der Waals surface area contributed by atoms with Gasteiger partial charge in [-0.1, -0.05) is 0 Å². The minimum atomic E-state index is -0.204. The van der Waals surface area contributed by atoms with Crippen molar-refractivity contribution in [1.82, 2.24) is 0 Å². The minimum absolute atomic E-state index is 0.136. The largest absolute Gasteiger partial charge is 0.494 e.